The van der Waals surface area contributed by atoms with Gasteiger partial charge in [-0.2, -0.15) is 19.0 Å². The molecule has 0 unspecified atom stereocenters. The summed E-state index contributed by atoms with van der Waals surface area (Å²) in [6, 6.07) is 9.95. The molecule has 0 saturated carbocycles. The summed E-state index contributed by atoms with van der Waals surface area (Å²) in [5.41, 5.74) is 1.91. The summed E-state index contributed by atoms with van der Waals surface area (Å²) in [4.78, 5) is 12.4. The molecule has 0 fully saturated rings. The van der Waals surface area contributed by atoms with Crippen LogP contribution in [-0.4, -0.2) is 30.6 Å². The Balaban J connectivity index is 2.07. The van der Waals surface area contributed by atoms with Crippen molar-refractivity contribution in [2.24, 2.45) is 11.7 Å². The zero-order chi connectivity index (χ0) is 20.7. The Morgan fingerprint density at radius 3 is 2.64 bits per heavy atom. The van der Waals surface area contributed by atoms with Crippen molar-refractivity contribution in [1.82, 2.24) is 5.43 Å². The number of hydrazine groups is 2. The number of nitrogens with one attached hydrogen (secondary N) is 1. The lowest BCUT2D eigenvalue weighted by atomic mass is 10.2. The molecule has 0 aliphatic heterocycles. The van der Waals surface area contributed by atoms with Crippen LogP contribution in [0.3, 0.4) is 0 Å². The Morgan fingerprint density at radius 2 is 2.00 bits per heavy atom. The summed E-state index contributed by atoms with van der Waals surface area (Å²) in [5.74, 6) is 11.3. The quantitative estimate of drug-likeness (QED) is 0.153. The Kier molecular flexibility index (Phi) is 7.07. The fourth-order valence-corrected chi connectivity index (χ4v) is 2.53. The summed E-state index contributed by atoms with van der Waals surface area (Å²) >= 11 is 5.60. The minimum Gasteiger partial charge on any atom is -0.492 e. The standard InChI is InChI=1S/C17H17ClF3N5O2/c18-16-5-4-12(9-15(16)17(19,20)21)25(11-27)6-7-28-14-3-1-2-13(8-14)26(23)10-24-22/h1-5,8-11H,6-7,22-23H2/p+1. The van der Waals surface area contributed by atoms with Crippen LogP contribution in [0.5, 0.6) is 5.75 Å². The van der Waals surface area contributed by atoms with Crippen LogP contribution in [0.2, 0.25) is 5.02 Å². The first-order valence-electron chi connectivity index (χ1n) is 7.91. The zero-order valence-electron chi connectivity index (χ0n) is 14.5. The fourth-order valence-electron chi connectivity index (χ4n) is 2.30. The summed E-state index contributed by atoms with van der Waals surface area (Å²) < 4.78 is 45.7. The number of hydrazone groups is 1. The predicted molar refractivity (Wildman–Crippen MR) is 99.3 cm³/mol. The van der Waals surface area contributed by atoms with E-state index in [0.29, 0.717) is 17.8 Å². The Morgan fingerprint density at radius 1 is 1.25 bits per heavy atom. The minimum atomic E-state index is -4.62. The van der Waals surface area contributed by atoms with Gasteiger partial charge in [-0.15, -0.1) is 4.68 Å². The number of nitrogens with two attached hydrogens (primary N) is 2. The first kappa shape index (κ1) is 21.3. The van der Waals surface area contributed by atoms with E-state index in [9.17, 15) is 18.0 Å². The van der Waals surface area contributed by atoms with Gasteiger partial charge in [-0.05, 0) is 30.3 Å². The van der Waals surface area contributed by atoms with Gasteiger partial charge in [0, 0.05) is 11.8 Å². The number of alkyl halides is 3. The number of halogens is 4. The first-order valence-corrected chi connectivity index (χ1v) is 8.29. The van der Waals surface area contributed by atoms with Gasteiger partial charge < -0.3 is 9.64 Å². The molecular weight excluding hydrogens is 399 g/mol. The topological polar surface area (TPSA) is 96.6 Å². The minimum absolute atomic E-state index is 0.0233. The van der Waals surface area contributed by atoms with Gasteiger partial charge in [0.1, 0.15) is 12.4 Å². The summed E-state index contributed by atoms with van der Waals surface area (Å²) in [6.45, 7) is 0.0606. The van der Waals surface area contributed by atoms with Crippen LogP contribution in [0.4, 0.5) is 24.5 Å². The Labute approximate surface area is 163 Å². The molecule has 11 heteroatoms. The number of carbonyl (C=O) groups excluding carboxylic acids is 1. The van der Waals surface area contributed by atoms with Gasteiger partial charge in [0.15, 0.2) is 5.69 Å². The summed E-state index contributed by atoms with van der Waals surface area (Å²) in [6.07, 6.45) is -2.87. The van der Waals surface area contributed by atoms with Crippen molar-refractivity contribution in [3.8, 4) is 5.75 Å². The highest BCUT2D eigenvalue weighted by Gasteiger charge is 2.33. The van der Waals surface area contributed by atoms with E-state index >= 15 is 0 Å². The lowest BCUT2D eigenvalue weighted by Gasteiger charge is -2.20. The Hall–Kier alpha value is -2.98. The van der Waals surface area contributed by atoms with E-state index in [1.165, 1.54) is 17.1 Å². The SMILES string of the molecule is NNC=[N+](N)c1cccc(OCCN(C=O)c2ccc(Cl)c(C(F)(F)F)c2)c1. The number of hydrogen-bond acceptors (Lipinski definition) is 4. The smallest absolute Gasteiger partial charge is 0.417 e. The molecule has 0 bridgehead atoms. The van der Waals surface area contributed by atoms with E-state index in [1.807, 2.05) is 0 Å². The molecule has 28 heavy (non-hydrogen) atoms. The highest BCUT2D eigenvalue weighted by Crippen LogP contribution is 2.36. The van der Waals surface area contributed by atoms with Gasteiger partial charge in [0.25, 0.3) is 6.34 Å². The van der Waals surface area contributed by atoms with Crippen LogP contribution >= 0.6 is 11.6 Å². The molecule has 5 N–H and O–H groups in total. The average Bonchev–Trinajstić information content (AvgIpc) is 2.65. The molecule has 0 aliphatic carbocycles. The highest BCUT2D eigenvalue weighted by atomic mass is 35.5. The normalized spacial score (nSPS) is 11.8. The van der Waals surface area contributed by atoms with Gasteiger partial charge in [0.2, 0.25) is 6.41 Å². The molecule has 0 spiro atoms. The highest BCUT2D eigenvalue weighted by molar-refractivity contribution is 6.31. The second kappa shape index (κ2) is 9.29. The van der Waals surface area contributed by atoms with Crippen molar-refractivity contribution in [2.75, 3.05) is 18.1 Å². The van der Waals surface area contributed by atoms with Gasteiger partial charge in [0.05, 0.1) is 17.1 Å². The number of anilines is 1. The van der Waals surface area contributed by atoms with E-state index in [-0.39, 0.29) is 18.8 Å². The molecule has 7 nitrogen and oxygen atoms in total. The van der Waals surface area contributed by atoms with Crippen LogP contribution in [0.15, 0.2) is 42.5 Å². The van der Waals surface area contributed by atoms with E-state index in [2.05, 4.69) is 5.43 Å². The van der Waals surface area contributed by atoms with E-state index < -0.39 is 16.8 Å². The molecule has 0 aliphatic rings. The van der Waals surface area contributed by atoms with Crippen molar-refractivity contribution in [3.05, 3.63) is 53.1 Å². The maximum Gasteiger partial charge on any atom is 0.417 e. The van der Waals surface area contributed by atoms with Gasteiger partial charge in [-0.3, -0.25) is 10.6 Å². The van der Waals surface area contributed by atoms with Gasteiger partial charge >= 0.3 is 6.18 Å². The fraction of sp³-hybridized carbons (Fsp3) is 0.176. The lowest BCUT2D eigenvalue weighted by molar-refractivity contribution is -0.449. The molecule has 1 amide bonds. The zero-order valence-corrected chi connectivity index (χ0v) is 15.2. The Bertz CT molecular complexity index is 861. The summed E-state index contributed by atoms with van der Waals surface area (Å²) in [7, 11) is 0. The van der Waals surface area contributed by atoms with E-state index in [1.54, 1.807) is 24.3 Å². The largest absolute Gasteiger partial charge is 0.492 e. The molecule has 0 heterocycles. The third-order valence-corrected chi connectivity index (χ3v) is 3.97. The molecule has 150 valence electrons. The lowest BCUT2D eigenvalue weighted by Crippen LogP contribution is -2.29. The number of hydrogen-bond donors (Lipinski definition) is 3. The molecule has 2 aromatic carbocycles. The van der Waals surface area contributed by atoms with Crippen LogP contribution in [0, 0.1) is 0 Å². The number of amides is 1. The number of rotatable bonds is 8. The second-order valence-corrected chi connectivity index (χ2v) is 5.92. The molecule has 0 atom stereocenters. The maximum atomic E-state index is 13.0. The third-order valence-electron chi connectivity index (χ3n) is 3.64. The predicted octanol–water partition coefficient (Wildman–Crippen LogP) is 2.41. The summed E-state index contributed by atoms with van der Waals surface area (Å²) in [5, 5.41) is -0.440. The first-order chi connectivity index (χ1) is 13.3. The molecule has 0 saturated heterocycles. The van der Waals surface area contributed by atoms with Crippen LogP contribution in [0.1, 0.15) is 5.56 Å². The van der Waals surface area contributed by atoms with E-state index in [0.717, 1.165) is 17.0 Å². The average molecular weight is 417 g/mol. The van der Waals surface area contributed by atoms with E-state index in [4.69, 9.17) is 28.0 Å². The van der Waals surface area contributed by atoms with Crippen molar-refractivity contribution in [1.29, 1.82) is 0 Å². The second-order valence-electron chi connectivity index (χ2n) is 5.51. The van der Waals surface area contributed by atoms with Crippen molar-refractivity contribution in [2.45, 2.75) is 6.18 Å². The van der Waals surface area contributed by atoms with Crippen LogP contribution < -0.4 is 26.7 Å². The molecule has 0 radical (unpaired) electrons. The molecular formula is C17H18ClF3N5O2+. The van der Waals surface area contributed by atoms with Crippen molar-refractivity contribution >= 4 is 35.7 Å². The number of benzene rings is 2. The van der Waals surface area contributed by atoms with Crippen LogP contribution in [-0.2, 0) is 11.0 Å². The number of nitrogens with zero attached hydrogens (tertiary/aromatic N) is 2. The number of carbonyl (C=O) groups is 1. The van der Waals surface area contributed by atoms with Gasteiger partial charge in [-0.1, -0.05) is 17.7 Å². The van der Waals surface area contributed by atoms with Crippen molar-refractivity contribution in [3.63, 3.8) is 0 Å². The maximum absolute atomic E-state index is 13.0. The third kappa shape index (κ3) is 5.51. The molecule has 0 aromatic heterocycles. The van der Waals surface area contributed by atoms with Crippen molar-refractivity contribution < 1.29 is 27.4 Å². The van der Waals surface area contributed by atoms with Gasteiger partial charge in [-0.25, -0.2) is 5.43 Å². The number of ether oxygens (including phenoxy) is 1. The van der Waals surface area contributed by atoms with Crippen LogP contribution in [0.25, 0.3) is 0 Å². The monoisotopic (exact) mass is 416 g/mol. The molecule has 2 aromatic rings. The molecule has 2 rings (SSSR count).